The van der Waals surface area contributed by atoms with E-state index in [1.54, 1.807) is 30.1 Å². The number of rotatable bonds is 5. The molecule has 110 valence electrons. The molecule has 2 aromatic rings. The van der Waals surface area contributed by atoms with Gasteiger partial charge in [0.15, 0.2) is 0 Å². The number of amides is 1. The van der Waals surface area contributed by atoms with Gasteiger partial charge in [-0.1, -0.05) is 35.9 Å². The van der Waals surface area contributed by atoms with Crippen LogP contribution >= 0.6 is 11.8 Å². The molecule has 0 heterocycles. The molecule has 21 heavy (non-hydrogen) atoms. The normalized spacial score (nSPS) is 10.4. The van der Waals surface area contributed by atoms with E-state index in [1.165, 1.54) is 23.4 Å². The minimum atomic E-state index is -0.275. The van der Waals surface area contributed by atoms with E-state index in [1.807, 2.05) is 31.2 Å². The summed E-state index contributed by atoms with van der Waals surface area (Å²) in [5, 5.41) is 0. The molecule has 2 nitrogen and oxygen atoms in total. The summed E-state index contributed by atoms with van der Waals surface area (Å²) in [5.74, 6) is 0.0701. The van der Waals surface area contributed by atoms with Gasteiger partial charge in [0.05, 0.1) is 5.75 Å². The second-order valence-electron chi connectivity index (χ2n) is 4.94. The molecule has 0 atom stereocenters. The van der Waals surface area contributed by atoms with Crippen LogP contribution in [0, 0.1) is 12.7 Å². The zero-order chi connectivity index (χ0) is 15.2. The van der Waals surface area contributed by atoms with E-state index in [2.05, 4.69) is 0 Å². The average Bonchev–Trinajstić information content (AvgIpc) is 2.48. The van der Waals surface area contributed by atoms with Gasteiger partial charge in [-0.25, -0.2) is 4.39 Å². The van der Waals surface area contributed by atoms with Crippen molar-refractivity contribution in [3.05, 3.63) is 65.5 Å². The number of thioether (sulfide) groups is 1. The smallest absolute Gasteiger partial charge is 0.232 e. The van der Waals surface area contributed by atoms with Gasteiger partial charge in [0, 0.05) is 24.1 Å². The molecular formula is C17H18FNOS. The molecule has 0 aliphatic heterocycles. The summed E-state index contributed by atoms with van der Waals surface area (Å²) >= 11 is 1.50. The molecule has 0 fully saturated rings. The fraction of sp³-hybridized carbons (Fsp3) is 0.235. The van der Waals surface area contributed by atoms with Gasteiger partial charge < -0.3 is 4.90 Å². The molecule has 0 N–H and O–H groups in total. The van der Waals surface area contributed by atoms with Gasteiger partial charge in [0.1, 0.15) is 5.82 Å². The fourth-order valence-corrected chi connectivity index (χ4v) is 2.70. The number of carbonyl (C=O) groups excluding carboxylic acids is 1. The lowest BCUT2D eigenvalue weighted by Gasteiger charge is -2.17. The number of hydrogen-bond donors (Lipinski definition) is 0. The van der Waals surface area contributed by atoms with E-state index in [0.29, 0.717) is 17.9 Å². The molecule has 0 unspecified atom stereocenters. The van der Waals surface area contributed by atoms with E-state index in [-0.39, 0.29) is 11.7 Å². The lowest BCUT2D eigenvalue weighted by Crippen LogP contribution is -2.28. The Morgan fingerprint density at radius 1 is 1.14 bits per heavy atom. The lowest BCUT2D eigenvalue weighted by atomic mass is 10.2. The van der Waals surface area contributed by atoms with Crippen LogP contribution in [-0.2, 0) is 11.3 Å². The Balaban J connectivity index is 1.88. The maximum absolute atomic E-state index is 13.6. The summed E-state index contributed by atoms with van der Waals surface area (Å²) in [6.45, 7) is 2.32. The highest BCUT2D eigenvalue weighted by atomic mass is 32.2. The number of hydrogen-bond acceptors (Lipinski definition) is 2. The number of benzene rings is 2. The van der Waals surface area contributed by atoms with Gasteiger partial charge in [-0.15, -0.1) is 11.8 Å². The first kappa shape index (κ1) is 15.6. The molecule has 0 bridgehead atoms. The van der Waals surface area contributed by atoms with Crippen LogP contribution in [0.3, 0.4) is 0 Å². The van der Waals surface area contributed by atoms with Crippen molar-refractivity contribution in [3.63, 3.8) is 0 Å². The van der Waals surface area contributed by atoms with Crippen LogP contribution in [0.2, 0.25) is 0 Å². The van der Waals surface area contributed by atoms with Crippen LogP contribution < -0.4 is 0 Å². The Kier molecular flexibility index (Phi) is 5.39. The molecule has 0 aromatic heterocycles. The SMILES string of the molecule is Cc1ccc(SCC(=O)N(C)Cc2ccccc2F)cc1. The second-order valence-corrected chi connectivity index (χ2v) is 5.99. The maximum atomic E-state index is 13.6. The summed E-state index contributed by atoms with van der Waals surface area (Å²) in [4.78, 5) is 14.7. The van der Waals surface area contributed by atoms with Crippen molar-refractivity contribution in [2.45, 2.75) is 18.4 Å². The Hall–Kier alpha value is -1.81. The molecule has 0 aliphatic carbocycles. The summed E-state index contributed by atoms with van der Waals surface area (Å²) in [7, 11) is 1.70. The number of aryl methyl sites for hydroxylation is 1. The third-order valence-corrected chi connectivity index (χ3v) is 4.17. The zero-order valence-corrected chi connectivity index (χ0v) is 13.0. The van der Waals surface area contributed by atoms with E-state index >= 15 is 0 Å². The maximum Gasteiger partial charge on any atom is 0.232 e. The van der Waals surface area contributed by atoms with Gasteiger partial charge >= 0.3 is 0 Å². The van der Waals surface area contributed by atoms with Crippen molar-refractivity contribution in [2.24, 2.45) is 0 Å². The highest BCUT2D eigenvalue weighted by Gasteiger charge is 2.11. The molecule has 1 amide bonds. The summed E-state index contributed by atoms with van der Waals surface area (Å²) in [6.07, 6.45) is 0. The Morgan fingerprint density at radius 3 is 2.48 bits per heavy atom. The Labute approximate surface area is 129 Å². The minimum absolute atomic E-state index is 0.0103. The third-order valence-electron chi connectivity index (χ3n) is 3.17. The second kappa shape index (κ2) is 7.27. The molecule has 0 radical (unpaired) electrons. The van der Waals surface area contributed by atoms with Crippen LogP contribution in [0.1, 0.15) is 11.1 Å². The number of carbonyl (C=O) groups is 1. The number of nitrogens with zero attached hydrogens (tertiary/aromatic N) is 1. The summed E-state index contributed by atoms with van der Waals surface area (Å²) in [5.41, 5.74) is 1.73. The molecule has 0 aliphatic rings. The third kappa shape index (κ3) is 4.60. The van der Waals surface area contributed by atoms with E-state index in [0.717, 1.165) is 4.90 Å². The quantitative estimate of drug-likeness (QED) is 0.781. The first-order chi connectivity index (χ1) is 10.1. The summed E-state index contributed by atoms with van der Waals surface area (Å²) in [6, 6.07) is 14.6. The Morgan fingerprint density at radius 2 is 1.81 bits per heavy atom. The predicted molar refractivity (Wildman–Crippen MR) is 84.8 cm³/mol. The van der Waals surface area contributed by atoms with Gasteiger partial charge in [-0.2, -0.15) is 0 Å². The lowest BCUT2D eigenvalue weighted by molar-refractivity contribution is -0.127. The van der Waals surface area contributed by atoms with E-state index in [9.17, 15) is 9.18 Å². The Bertz CT molecular complexity index is 612. The van der Waals surface area contributed by atoms with Crippen LogP contribution in [0.15, 0.2) is 53.4 Å². The first-order valence-corrected chi connectivity index (χ1v) is 7.71. The minimum Gasteiger partial charge on any atom is -0.341 e. The monoisotopic (exact) mass is 303 g/mol. The standard InChI is InChI=1S/C17H18FNOS/c1-13-7-9-15(10-8-13)21-12-17(20)19(2)11-14-5-3-4-6-16(14)18/h3-10H,11-12H2,1-2H3. The highest BCUT2D eigenvalue weighted by Crippen LogP contribution is 2.19. The van der Waals surface area contributed by atoms with Crippen molar-refractivity contribution >= 4 is 17.7 Å². The zero-order valence-electron chi connectivity index (χ0n) is 12.2. The van der Waals surface area contributed by atoms with Gasteiger partial charge in [-0.05, 0) is 25.1 Å². The molecule has 2 rings (SSSR count). The van der Waals surface area contributed by atoms with E-state index < -0.39 is 0 Å². The van der Waals surface area contributed by atoms with Gasteiger partial charge in [-0.3, -0.25) is 4.79 Å². The predicted octanol–water partition coefficient (Wildman–Crippen LogP) is 3.88. The molecule has 4 heteroatoms. The molecule has 2 aromatic carbocycles. The van der Waals surface area contributed by atoms with Crippen molar-refractivity contribution in [3.8, 4) is 0 Å². The van der Waals surface area contributed by atoms with Crippen LogP contribution in [0.25, 0.3) is 0 Å². The van der Waals surface area contributed by atoms with Crippen LogP contribution in [-0.4, -0.2) is 23.6 Å². The fourth-order valence-electron chi connectivity index (χ4n) is 1.86. The van der Waals surface area contributed by atoms with Crippen LogP contribution in [0.4, 0.5) is 4.39 Å². The van der Waals surface area contributed by atoms with Gasteiger partial charge in [0.2, 0.25) is 5.91 Å². The topological polar surface area (TPSA) is 20.3 Å². The first-order valence-electron chi connectivity index (χ1n) is 6.73. The molecular weight excluding hydrogens is 285 g/mol. The van der Waals surface area contributed by atoms with Crippen molar-refractivity contribution in [1.82, 2.24) is 4.90 Å². The van der Waals surface area contributed by atoms with Crippen molar-refractivity contribution in [1.29, 1.82) is 0 Å². The average molecular weight is 303 g/mol. The summed E-state index contributed by atoms with van der Waals surface area (Å²) < 4.78 is 13.6. The van der Waals surface area contributed by atoms with Crippen molar-refractivity contribution in [2.75, 3.05) is 12.8 Å². The molecule has 0 spiro atoms. The molecule has 0 saturated heterocycles. The number of halogens is 1. The van der Waals surface area contributed by atoms with Gasteiger partial charge in [0.25, 0.3) is 0 Å². The van der Waals surface area contributed by atoms with E-state index in [4.69, 9.17) is 0 Å². The van der Waals surface area contributed by atoms with Crippen LogP contribution in [0.5, 0.6) is 0 Å². The van der Waals surface area contributed by atoms with Crippen molar-refractivity contribution < 1.29 is 9.18 Å². The molecule has 0 saturated carbocycles. The highest BCUT2D eigenvalue weighted by molar-refractivity contribution is 8.00. The largest absolute Gasteiger partial charge is 0.341 e.